The number of nitrogens with one attached hydrogen (secondary N) is 2. The Bertz CT molecular complexity index is 440. The van der Waals surface area contributed by atoms with Gasteiger partial charge in [0.05, 0.1) is 11.8 Å². The molecule has 0 aromatic carbocycles. The number of thiocarbonyl (C=S) groups is 1. The summed E-state index contributed by atoms with van der Waals surface area (Å²) >= 11 is 5.25. The number of aromatic nitrogens is 2. The van der Waals surface area contributed by atoms with Crippen molar-refractivity contribution in [3.05, 3.63) is 17.5 Å². The highest BCUT2D eigenvalue weighted by Gasteiger charge is 2.14. The number of nitrogens with zero attached hydrogens (tertiary/aromatic N) is 2. The zero-order valence-electron chi connectivity index (χ0n) is 12.3. The van der Waals surface area contributed by atoms with Crippen molar-refractivity contribution in [3.8, 4) is 0 Å². The van der Waals surface area contributed by atoms with Crippen LogP contribution in [0.2, 0.25) is 0 Å². The van der Waals surface area contributed by atoms with E-state index in [0.717, 1.165) is 51.2 Å². The largest absolute Gasteiger partial charge is 0.376 e. The molecule has 0 radical (unpaired) electrons. The van der Waals surface area contributed by atoms with Crippen molar-refractivity contribution >= 4 is 17.3 Å². The predicted octanol–water partition coefficient (Wildman–Crippen LogP) is 1.53. The summed E-state index contributed by atoms with van der Waals surface area (Å²) in [6.45, 7) is 7.57. The van der Waals surface area contributed by atoms with E-state index in [-0.39, 0.29) is 0 Å². The zero-order chi connectivity index (χ0) is 14.4. The van der Waals surface area contributed by atoms with E-state index in [1.807, 2.05) is 11.6 Å². The molecule has 1 aromatic heterocycles. The molecule has 2 rings (SSSR count). The Kier molecular flexibility index (Phi) is 5.79. The Morgan fingerprint density at radius 1 is 1.50 bits per heavy atom. The minimum absolute atomic E-state index is 0.324. The van der Waals surface area contributed by atoms with E-state index in [0.29, 0.717) is 11.2 Å². The number of rotatable bonds is 6. The van der Waals surface area contributed by atoms with Gasteiger partial charge in [-0.1, -0.05) is 0 Å². The van der Waals surface area contributed by atoms with Gasteiger partial charge in [-0.05, 0) is 51.4 Å². The molecule has 2 N–H and O–H groups in total. The molecule has 1 aliphatic rings. The van der Waals surface area contributed by atoms with E-state index in [1.165, 1.54) is 5.69 Å². The second-order valence-corrected chi connectivity index (χ2v) is 5.68. The summed E-state index contributed by atoms with van der Waals surface area (Å²) in [5, 5.41) is 11.6. The summed E-state index contributed by atoms with van der Waals surface area (Å²) in [5.74, 6) is 0. The van der Waals surface area contributed by atoms with Crippen LogP contribution in [0.25, 0.3) is 0 Å². The van der Waals surface area contributed by atoms with Gasteiger partial charge in [0.25, 0.3) is 0 Å². The summed E-state index contributed by atoms with van der Waals surface area (Å²) in [7, 11) is 0. The van der Waals surface area contributed by atoms with Crippen LogP contribution < -0.4 is 10.6 Å². The summed E-state index contributed by atoms with van der Waals surface area (Å²) in [6.07, 6.45) is 3.62. The van der Waals surface area contributed by atoms with Crippen LogP contribution in [0.15, 0.2) is 6.07 Å². The Morgan fingerprint density at radius 2 is 2.35 bits per heavy atom. The fraction of sp³-hybridized carbons (Fsp3) is 0.714. The number of ether oxygens (including phenoxy) is 1. The van der Waals surface area contributed by atoms with E-state index in [1.54, 1.807) is 0 Å². The van der Waals surface area contributed by atoms with Crippen molar-refractivity contribution in [2.75, 3.05) is 19.7 Å². The second kappa shape index (κ2) is 7.59. The first kappa shape index (κ1) is 15.3. The fourth-order valence-corrected chi connectivity index (χ4v) is 2.59. The standard InChI is InChI=1S/C14H24N4OS/c1-11-9-12(2)18(17-11)7-4-6-15-14(20)16-10-13-5-3-8-19-13/h9,13H,3-8,10H2,1-2H3,(H2,15,16,20). The molecule has 1 fully saturated rings. The first-order valence-electron chi connectivity index (χ1n) is 7.29. The van der Waals surface area contributed by atoms with Gasteiger partial charge in [-0.2, -0.15) is 5.10 Å². The SMILES string of the molecule is Cc1cc(C)n(CCCNC(=S)NCC2CCCO2)n1. The van der Waals surface area contributed by atoms with E-state index < -0.39 is 0 Å². The van der Waals surface area contributed by atoms with Crippen LogP contribution in [-0.4, -0.2) is 40.7 Å². The van der Waals surface area contributed by atoms with E-state index in [9.17, 15) is 0 Å². The van der Waals surface area contributed by atoms with Gasteiger partial charge in [-0.25, -0.2) is 0 Å². The lowest BCUT2D eigenvalue weighted by Gasteiger charge is -2.14. The van der Waals surface area contributed by atoms with Crippen LogP contribution in [-0.2, 0) is 11.3 Å². The average Bonchev–Trinajstić information content (AvgIpc) is 3.02. The number of aryl methyl sites for hydroxylation is 3. The van der Waals surface area contributed by atoms with Crippen LogP contribution in [0, 0.1) is 13.8 Å². The number of hydrogen-bond acceptors (Lipinski definition) is 3. The second-order valence-electron chi connectivity index (χ2n) is 5.28. The molecule has 0 spiro atoms. The maximum absolute atomic E-state index is 5.54. The lowest BCUT2D eigenvalue weighted by molar-refractivity contribution is 0.114. The van der Waals surface area contributed by atoms with E-state index in [2.05, 4.69) is 28.7 Å². The van der Waals surface area contributed by atoms with Crippen LogP contribution in [0.3, 0.4) is 0 Å². The Balaban J connectivity index is 1.56. The maximum atomic E-state index is 5.54. The van der Waals surface area contributed by atoms with Crippen LogP contribution in [0.5, 0.6) is 0 Å². The molecule has 20 heavy (non-hydrogen) atoms. The zero-order valence-corrected chi connectivity index (χ0v) is 13.1. The van der Waals surface area contributed by atoms with Crippen molar-refractivity contribution in [1.82, 2.24) is 20.4 Å². The molecule has 1 unspecified atom stereocenters. The van der Waals surface area contributed by atoms with Gasteiger partial charge in [0, 0.05) is 31.9 Å². The highest BCUT2D eigenvalue weighted by atomic mass is 32.1. The third-order valence-corrected chi connectivity index (χ3v) is 3.74. The summed E-state index contributed by atoms with van der Waals surface area (Å²) < 4.78 is 7.58. The van der Waals surface area contributed by atoms with Crippen LogP contribution in [0.4, 0.5) is 0 Å². The van der Waals surface area contributed by atoms with Gasteiger partial charge in [0.1, 0.15) is 0 Å². The molecule has 6 heteroatoms. The van der Waals surface area contributed by atoms with E-state index in [4.69, 9.17) is 17.0 Å². The Hall–Kier alpha value is -1.14. The third kappa shape index (κ3) is 4.76. The molecule has 1 aromatic rings. The van der Waals surface area contributed by atoms with Crippen molar-refractivity contribution in [2.45, 2.75) is 45.8 Å². The summed E-state index contributed by atoms with van der Waals surface area (Å²) in [6, 6.07) is 2.10. The van der Waals surface area contributed by atoms with Gasteiger partial charge < -0.3 is 15.4 Å². The Morgan fingerprint density at radius 3 is 3.00 bits per heavy atom. The average molecular weight is 296 g/mol. The van der Waals surface area contributed by atoms with Gasteiger partial charge >= 0.3 is 0 Å². The molecule has 1 atom stereocenters. The quantitative estimate of drug-likeness (QED) is 0.616. The molecule has 0 saturated carbocycles. The highest BCUT2D eigenvalue weighted by molar-refractivity contribution is 7.80. The molecule has 2 heterocycles. The lowest BCUT2D eigenvalue weighted by atomic mass is 10.2. The van der Waals surface area contributed by atoms with Gasteiger partial charge in [-0.15, -0.1) is 0 Å². The molecule has 0 aliphatic carbocycles. The normalized spacial score (nSPS) is 18.2. The maximum Gasteiger partial charge on any atom is 0.166 e. The van der Waals surface area contributed by atoms with Crippen molar-refractivity contribution in [3.63, 3.8) is 0 Å². The predicted molar refractivity (Wildman–Crippen MR) is 83.9 cm³/mol. The molecule has 5 nitrogen and oxygen atoms in total. The molecule has 0 bridgehead atoms. The first-order chi connectivity index (χ1) is 9.65. The molecular formula is C14H24N4OS. The lowest BCUT2D eigenvalue weighted by Crippen LogP contribution is -2.39. The van der Waals surface area contributed by atoms with Crippen molar-refractivity contribution < 1.29 is 4.74 Å². The van der Waals surface area contributed by atoms with Gasteiger partial charge in [0.2, 0.25) is 0 Å². The highest BCUT2D eigenvalue weighted by Crippen LogP contribution is 2.10. The Labute approximate surface area is 126 Å². The van der Waals surface area contributed by atoms with Gasteiger partial charge in [0.15, 0.2) is 5.11 Å². The molecule has 1 aliphatic heterocycles. The van der Waals surface area contributed by atoms with Crippen molar-refractivity contribution in [1.29, 1.82) is 0 Å². The molecule has 1 saturated heterocycles. The summed E-state index contributed by atoms with van der Waals surface area (Å²) in [4.78, 5) is 0. The fourth-order valence-electron chi connectivity index (χ4n) is 2.41. The summed E-state index contributed by atoms with van der Waals surface area (Å²) in [5.41, 5.74) is 2.28. The minimum Gasteiger partial charge on any atom is -0.376 e. The van der Waals surface area contributed by atoms with Crippen LogP contribution >= 0.6 is 12.2 Å². The first-order valence-corrected chi connectivity index (χ1v) is 7.70. The topological polar surface area (TPSA) is 51.1 Å². The van der Waals surface area contributed by atoms with E-state index >= 15 is 0 Å². The minimum atomic E-state index is 0.324. The molecular weight excluding hydrogens is 272 g/mol. The molecule has 112 valence electrons. The molecule has 0 amide bonds. The van der Waals surface area contributed by atoms with Crippen LogP contribution in [0.1, 0.15) is 30.7 Å². The third-order valence-electron chi connectivity index (χ3n) is 3.45. The number of hydrogen-bond donors (Lipinski definition) is 2. The monoisotopic (exact) mass is 296 g/mol. The van der Waals surface area contributed by atoms with Gasteiger partial charge in [-0.3, -0.25) is 4.68 Å². The van der Waals surface area contributed by atoms with Crippen molar-refractivity contribution in [2.24, 2.45) is 0 Å². The smallest absolute Gasteiger partial charge is 0.166 e.